The first-order valence-electron chi connectivity index (χ1n) is 10.9. The van der Waals surface area contributed by atoms with E-state index in [1.165, 1.54) is 40.6 Å². The standard InChI is InChI=1S/C24H25F3N4O5/c1-33-15-7-5-6-13(8-15)17-11-20(24(25,26)27)31-22(30-17)16(12-28-31)23(32)29-14-9-18(34-2)21(36-4)19(10-14)35-3/h5-10,12,17,20,30H,11H2,1-4H3,(H,29,32)/t17-,20+/m1/s1. The minimum atomic E-state index is -4.58. The van der Waals surface area contributed by atoms with Crippen LogP contribution in [0, 0.1) is 0 Å². The van der Waals surface area contributed by atoms with Gasteiger partial charge in [0, 0.05) is 24.2 Å². The fourth-order valence-corrected chi connectivity index (χ4v) is 4.16. The minimum Gasteiger partial charge on any atom is -0.497 e. The molecule has 2 atom stereocenters. The molecule has 1 aromatic heterocycles. The molecule has 4 rings (SSSR count). The van der Waals surface area contributed by atoms with E-state index in [0.717, 1.165) is 10.9 Å². The molecule has 1 aliphatic heterocycles. The lowest BCUT2D eigenvalue weighted by Gasteiger charge is -2.34. The van der Waals surface area contributed by atoms with Crippen LogP contribution >= 0.6 is 0 Å². The van der Waals surface area contributed by atoms with E-state index >= 15 is 0 Å². The summed E-state index contributed by atoms with van der Waals surface area (Å²) in [6, 6.07) is 7.13. The normalized spacial score (nSPS) is 17.0. The van der Waals surface area contributed by atoms with Crippen molar-refractivity contribution in [3.8, 4) is 23.0 Å². The molecule has 0 spiro atoms. The number of aromatic nitrogens is 2. The van der Waals surface area contributed by atoms with E-state index in [2.05, 4.69) is 15.7 Å². The van der Waals surface area contributed by atoms with Gasteiger partial charge < -0.3 is 29.6 Å². The summed E-state index contributed by atoms with van der Waals surface area (Å²) in [7, 11) is 5.78. The van der Waals surface area contributed by atoms with Gasteiger partial charge in [-0.2, -0.15) is 18.3 Å². The molecule has 9 nitrogen and oxygen atoms in total. The molecular weight excluding hydrogens is 481 g/mol. The second kappa shape index (κ2) is 9.88. The van der Waals surface area contributed by atoms with Gasteiger partial charge in [-0.1, -0.05) is 12.1 Å². The van der Waals surface area contributed by atoms with Crippen LogP contribution < -0.4 is 29.6 Å². The number of anilines is 2. The number of rotatable bonds is 7. The number of amides is 1. The molecule has 1 aliphatic rings. The molecular formula is C24H25F3N4O5. The number of benzene rings is 2. The molecule has 0 aliphatic carbocycles. The van der Waals surface area contributed by atoms with Crippen molar-refractivity contribution in [1.29, 1.82) is 0 Å². The zero-order valence-electron chi connectivity index (χ0n) is 20.0. The average Bonchev–Trinajstić information content (AvgIpc) is 3.31. The molecule has 0 radical (unpaired) electrons. The molecule has 2 heterocycles. The molecule has 12 heteroatoms. The summed E-state index contributed by atoms with van der Waals surface area (Å²) >= 11 is 0. The topological polar surface area (TPSA) is 95.9 Å². The number of halogens is 3. The van der Waals surface area contributed by atoms with Gasteiger partial charge in [0.25, 0.3) is 5.91 Å². The van der Waals surface area contributed by atoms with Crippen molar-refractivity contribution >= 4 is 17.4 Å². The van der Waals surface area contributed by atoms with Crippen LogP contribution in [0.5, 0.6) is 23.0 Å². The van der Waals surface area contributed by atoms with Crippen molar-refractivity contribution in [2.24, 2.45) is 0 Å². The molecule has 2 N–H and O–H groups in total. The first-order valence-corrected chi connectivity index (χ1v) is 10.9. The minimum absolute atomic E-state index is 0.0404. The lowest BCUT2D eigenvalue weighted by atomic mass is 9.96. The molecule has 192 valence electrons. The Hall–Kier alpha value is -4.09. The van der Waals surface area contributed by atoms with Crippen LogP contribution in [0.25, 0.3) is 0 Å². The summed E-state index contributed by atoms with van der Waals surface area (Å²) in [5.74, 6) is 0.746. The summed E-state index contributed by atoms with van der Waals surface area (Å²) < 4.78 is 63.9. The predicted molar refractivity (Wildman–Crippen MR) is 125 cm³/mol. The summed E-state index contributed by atoms with van der Waals surface area (Å²) in [6.07, 6.45) is -3.77. The second-order valence-corrected chi connectivity index (χ2v) is 7.99. The summed E-state index contributed by atoms with van der Waals surface area (Å²) in [6.45, 7) is 0. The molecule has 0 bridgehead atoms. The number of carbonyl (C=O) groups excluding carboxylic acids is 1. The van der Waals surface area contributed by atoms with E-state index in [4.69, 9.17) is 18.9 Å². The van der Waals surface area contributed by atoms with Gasteiger partial charge in [-0.05, 0) is 17.7 Å². The number of nitrogens with zero attached hydrogens (tertiary/aromatic N) is 2. The Morgan fingerprint density at radius 3 is 2.33 bits per heavy atom. The Balaban J connectivity index is 1.69. The molecule has 36 heavy (non-hydrogen) atoms. The van der Waals surface area contributed by atoms with Crippen molar-refractivity contribution in [2.75, 3.05) is 39.1 Å². The maximum Gasteiger partial charge on any atom is 0.410 e. The van der Waals surface area contributed by atoms with E-state index in [-0.39, 0.29) is 17.8 Å². The van der Waals surface area contributed by atoms with E-state index in [1.54, 1.807) is 24.3 Å². The monoisotopic (exact) mass is 506 g/mol. The van der Waals surface area contributed by atoms with E-state index < -0.39 is 24.2 Å². The number of methoxy groups -OCH3 is 4. The number of nitrogens with one attached hydrogen (secondary N) is 2. The van der Waals surface area contributed by atoms with Crippen molar-refractivity contribution in [3.63, 3.8) is 0 Å². The summed E-state index contributed by atoms with van der Waals surface area (Å²) in [5.41, 5.74) is 0.833. The van der Waals surface area contributed by atoms with Gasteiger partial charge in [0.1, 0.15) is 17.1 Å². The Morgan fingerprint density at radius 2 is 1.75 bits per heavy atom. The number of fused-ring (bicyclic) bond motifs is 1. The smallest absolute Gasteiger partial charge is 0.410 e. The zero-order chi connectivity index (χ0) is 26.0. The van der Waals surface area contributed by atoms with Crippen LogP contribution in [-0.4, -0.2) is 50.3 Å². The quantitative estimate of drug-likeness (QED) is 0.474. The van der Waals surface area contributed by atoms with Crippen LogP contribution in [0.3, 0.4) is 0 Å². The largest absolute Gasteiger partial charge is 0.497 e. The van der Waals surface area contributed by atoms with Gasteiger partial charge in [-0.3, -0.25) is 4.79 Å². The van der Waals surface area contributed by atoms with Gasteiger partial charge in [-0.25, -0.2) is 4.68 Å². The molecule has 0 fully saturated rings. The van der Waals surface area contributed by atoms with Crippen molar-refractivity contribution < 1.29 is 36.9 Å². The van der Waals surface area contributed by atoms with E-state index in [9.17, 15) is 18.0 Å². The maximum absolute atomic E-state index is 14.0. The zero-order valence-corrected chi connectivity index (χ0v) is 20.0. The number of hydrogen-bond donors (Lipinski definition) is 2. The second-order valence-electron chi connectivity index (χ2n) is 7.99. The van der Waals surface area contributed by atoms with Crippen LogP contribution in [-0.2, 0) is 0 Å². The van der Waals surface area contributed by atoms with Crippen molar-refractivity contribution in [3.05, 3.63) is 53.7 Å². The maximum atomic E-state index is 14.0. The van der Waals surface area contributed by atoms with Crippen LogP contribution in [0.2, 0.25) is 0 Å². The first-order chi connectivity index (χ1) is 17.2. The third-order valence-corrected chi connectivity index (χ3v) is 5.90. The van der Waals surface area contributed by atoms with Crippen molar-refractivity contribution in [1.82, 2.24) is 9.78 Å². The number of ether oxygens (including phenoxy) is 4. The third kappa shape index (κ3) is 4.70. The molecule has 0 saturated carbocycles. The van der Waals surface area contributed by atoms with Crippen LogP contribution in [0.15, 0.2) is 42.6 Å². The van der Waals surface area contributed by atoms with Gasteiger partial charge in [-0.15, -0.1) is 0 Å². The number of carbonyl (C=O) groups is 1. The Bertz CT molecular complexity index is 1240. The highest BCUT2D eigenvalue weighted by molar-refractivity contribution is 6.07. The summed E-state index contributed by atoms with van der Waals surface area (Å²) in [5, 5.41) is 9.64. The first kappa shape index (κ1) is 25.0. The predicted octanol–water partition coefficient (Wildman–Crippen LogP) is 4.83. The Morgan fingerprint density at radius 1 is 1.06 bits per heavy atom. The molecule has 0 saturated heterocycles. The molecule has 2 aromatic carbocycles. The highest BCUT2D eigenvalue weighted by Gasteiger charge is 2.47. The number of alkyl halides is 3. The third-order valence-electron chi connectivity index (χ3n) is 5.90. The lowest BCUT2D eigenvalue weighted by Crippen LogP contribution is -2.36. The average molecular weight is 506 g/mol. The lowest BCUT2D eigenvalue weighted by molar-refractivity contribution is -0.173. The van der Waals surface area contributed by atoms with Crippen LogP contribution in [0.1, 0.15) is 34.4 Å². The van der Waals surface area contributed by atoms with Crippen molar-refractivity contribution in [2.45, 2.75) is 24.7 Å². The Labute approximate surface area is 205 Å². The highest BCUT2D eigenvalue weighted by atomic mass is 19.4. The fourth-order valence-electron chi connectivity index (χ4n) is 4.16. The van der Waals surface area contributed by atoms with E-state index in [1.807, 2.05) is 0 Å². The molecule has 1 amide bonds. The van der Waals surface area contributed by atoms with Crippen LogP contribution in [0.4, 0.5) is 24.7 Å². The fraction of sp³-hybridized carbons (Fsp3) is 0.333. The molecule has 3 aromatic rings. The summed E-state index contributed by atoms with van der Waals surface area (Å²) in [4.78, 5) is 13.2. The molecule has 0 unspecified atom stereocenters. The number of hydrogen-bond acceptors (Lipinski definition) is 7. The van der Waals surface area contributed by atoms with E-state index in [0.29, 0.717) is 34.2 Å². The SMILES string of the molecule is COc1cccc([C@H]2C[C@@H](C(F)(F)F)n3ncc(C(=O)Nc4cc(OC)c(OC)c(OC)c4)c3N2)c1. The Kier molecular flexibility index (Phi) is 6.86. The highest BCUT2D eigenvalue weighted by Crippen LogP contribution is 2.45. The van der Waals surface area contributed by atoms with Gasteiger partial charge in [0.15, 0.2) is 17.5 Å². The van der Waals surface area contributed by atoms with Gasteiger partial charge in [0.2, 0.25) is 5.75 Å². The van der Waals surface area contributed by atoms with Gasteiger partial charge in [0.05, 0.1) is 40.7 Å². The van der Waals surface area contributed by atoms with Gasteiger partial charge >= 0.3 is 6.18 Å².